The van der Waals surface area contributed by atoms with E-state index in [0.29, 0.717) is 6.04 Å². The molecule has 4 heteroatoms. The summed E-state index contributed by atoms with van der Waals surface area (Å²) in [5.74, 6) is 0.808. The third-order valence-corrected chi connectivity index (χ3v) is 6.23. The molecular formula is C16H22N2S2. The lowest BCUT2D eigenvalue weighted by molar-refractivity contribution is 0.371. The van der Waals surface area contributed by atoms with Crippen LogP contribution >= 0.6 is 22.7 Å². The van der Waals surface area contributed by atoms with E-state index in [9.17, 15) is 0 Å². The molecule has 20 heavy (non-hydrogen) atoms. The van der Waals surface area contributed by atoms with Gasteiger partial charge in [-0.25, -0.2) is 4.98 Å². The Kier molecular flexibility index (Phi) is 4.54. The molecule has 1 unspecified atom stereocenters. The monoisotopic (exact) mass is 306 g/mol. The van der Waals surface area contributed by atoms with Gasteiger partial charge in [0.2, 0.25) is 0 Å². The van der Waals surface area contributed by atoms with Crippen molar-refractivity contribution >= 4 is 22.7 Å². The van der Waals surface area contributed by atoms with Crippen molar-refractivity contribution in [3.8, 4) is 0 Å². The third kappa shape index (κ3) is 3.13. The second-order valence-corrected chi connectivity index (χ2v) is 7.93. The summed E-state index contributed by atoms with van der Waals surface area (Å²) in [6.45, 7) is 5.17. The Morgan fingerprint density at radius 3 is 2.75 bits per heavy atom. The molecule has 0 bridgehead atoms. The van der Waals surface area contributed by atoms with E-state index in [-0.39, 0.29) is 0 Å². The molecule has 1 N–H and O–H groups in total. The highest BCUT2D eigenvalue weighted by atomic mass is 32.1. The largest absolute Gasteiger partial charge is 0.304 e. The SMILES string of the molecule is Cc1nc(C)c(CNC(c2cccs2)C2CCCC2)s1. The first kappa shape index (κ1) is 14.2. The van der Waals surface area contributed by atoms with Crippen LogP contribution in [0, 0.1) is 19.8 Å². The molecule has 1 aliphatic carbocycles. The smallest absolute Gasteiger partial charge is 0.0900 e. The van der Waals surface area contributed by atoms with E-state index in [4.69, 9.17) is 0 Å². The Labute approximate surface area is 129 Å². The van der Waals surface area contributed by atoms with E-state index in [1.54, 1.807) is 0 Å². The quantitative estimate of drug-likeness (QED) is 0.854. The zero-order valence-corrected chi connectivity index (χ0v) is 13.8. The van der Waals surface area contributed by atoms with Gasteiger partial charge in [0.1, 0.15) is 0 Å². The van der Waals surface area contributed by atoms with Gasteiger partial charge in [-0.1, -0.05) is 18.9 Å². The lowest BCUT2D eigenvalue weighted by atomic mass is 9.96. The van der Waals surface area contributed by atoms with Crippen LogP contribution in [-0.4, -0.2) is 4.98 Å². The molecule has 3 rings (SSSR count). The summed E-state index contributed by atoms with van der Waals surface area (Å²) < 4.78 is 0. The van der Waals surface area contributed by atoms with Crippen molar-refractivity contribution in [2.24, 2.45) is 5.92 Å². The van der Waals surface area contributed by atoms with Crippen molar-refractivity contribution in [1.82, 2.24) is 10.3 Å². The lowest BCUT2D eigenvalue weighted by Gasteiger charge is -2.23. The Bertz CT molecular complexity index is 539. The van der Waals surface area contributed by atoms with Crippen LogP contribution in [0.25, 0.3) is 0 Å². The minimum atomic E-state index is 0.527. The summed E-state index contributed by atoms with van der Waals surface area (Å²) in [7, 11) is 0. The molecule has 2 aromatic rings. The standard InChI is InChI=1S/C16H22N2S2/c1-11-15(20-12(2)18-11)10-17-16(13-6-3-4-7-13)14-8-5-9-19-14/h5,8-9,13,16-17H,3-4,6-7,10H2,1-2H3. The molecule has 1 aliphatic rings. The molecular weight excluding hydrogens is 284 g/mol. The van der Waals surface area contributed by atoms with Gasteiger partial charge in [-0.3, -0.25) is 0 Å². The first-order valence-corrected chi connectivity index (χ1v) is 9.13. The number of rotatable bonds is 5. The number of thiazole rings is 1. The van der Waals surface area contributed by atoms with Crippen molar-refractivity contribution in [2.75, 3.05) is 0 Å². The minimum absolute atomic E-state index is 0.527. The zero-order chi connectivity index (χ0) is 13.9. The average molecular weight is 307 g/mol. The summed E-state index contributed by atoms with van der Waals surface area (Å²) in [6.07, 6.45) is 5.53. The number of hydrogen-bond acceptors (Lipinski definition) is 4. The molecule has 108 valence electrons. The molecule has 0 radical (unpaired) electrons. The summed E-state index contributed by atoms with van der Waals surface area (Å²) in [6, 6.07) is 4.98. The Hall–Kier alpha value is -0.710. The Balaban J connectivity index is 1.71. The molecule has 1 atom stereocenters. The van der Waals surface area contributed by atoms with Gasteiger partial charge < -0.3 is 5.32 Å². The predicted molar refractivity (Wildman–Crippen MR) is 87.4 cm³/mol. The lowest BCUT2D eigenvalue weighted by Crippen LogP contribution is -2.26. The summed E-state index contributed by atoms with van der Waals surface area (Å²) >= 11 is 3.71. The molecule has 0 saturated heterocycles. The van der Waals surface area contributed by atoms with Crippen LogP contribution < -0.4 is 5.32 Å². The van der Waals surface area contributed by atoms with Crippen LogP contribution in [0.15, 0.2) is 17.5 Å². The van der Waals surface area contributed by atoms with Crippen molar-refractivity contribution in [2.45, 2.75) is 52.1 Å². The molecule has 0 aromatic carbocycles. The molecule has 2 nitrogen and oxygen atoms in total. The Morgan fingerprint density at radius 1 is 1.35 bits per heavy atom. The average Bonchev–Trinajstić information content (AvgIpc) is 3.14. The highest BCUT2D eigenvalue weighted by Crippen LogP contribution is 2.37. The second kappa shape index (κ2) is 6.37. The molecule has 2 heterocycles. The van der Waals surface area contributed by atoms with Gasteiger partial charge in [0, 0.05) is 22.3 Å². The highest BCUT2D eigenvalue weighted by Gasteiger charge is 2.26. The van der Waals surface area contributed by atoms with Gasteiger partial charge in [-0.2, -0.15) is 0 Å². The van der Waals surface area contributed by atoms with Crippen LogP contribution in [0.3, 0.4) is 0 Å². The van der Waals surface area contributed by atoms with E-state index < -0.39 is 0 Å². The maximum Gasteiger partial charge on any atom is 0.0900 e. The number of nitrogens with one attached hydrogen (secondary N) is 1. The molecule has 0 aliphatic heterocycles. The number of nitrogens with zero attached hydrogens (tertiary/aromatic N) is 1. The fourth-order valence-electron chi connectivity index (χ4n) is 3.20. The second-order valence-electron chi connectivity index (χ2n) is 5.66. The van der Waals surface area contributed by atoms with Crippen molar-refractivity contribution in [3.05, 3.63) is 38.0 Å². The molecule has 2 aromatic heterocycles. The van der Waals surface area contributed by atoms with Crippen molar-refractivity contribution in [3.63, 3.8) is 0 Å². The Morgan fingerprint density at radius 2 is 2.15 bits per heavy atom. The zero-order valence-electron chi connectivity index (χ0n) is 12.2. The van der Waals surface area contributed by atoms with E-state index in [1.165, 1.54) is 46.1 Å². The number of thiophene rings is 1. The maximum atomic E-state index is 4.53. The maximum absolute atomic E-state index is 4.53. The fraction of sp³-hybridized carbons (Fsp3) is 0.562. The van der Waals surface area contributed by atoms with E-state index >= 15 is 0 Å². The number of aromatic nitrogens is 1. The van der Waals surface area contributed by atoms with Crippen LogP contribution in [0.4, 0.5) is 0 Å². The summed E-state index contributed by atoms with van der Waals surface area (Å²) in [5, 5.41) is 7.18. The normalized spacial score (nSPS) is 17.7. The molecule has 0 amide bonds. The fourth-order valence-corrected chi connectivity index (χ4v) is 4.98. The van der Waals surface area contributed by atoms with Crippen LogP contribution in [0.5, 0.6) is 0 Å². The third-order valence-electron chi connectivity index (χ3n) is 4.20. The van der Waals surface area contributed by atoms with E-state index in [0.717, 1.165) is 12.5 Å². The summed E-state index contributed by atoms with van der Waals surface area (Å²) in [4.78, 5) is 7.42. The summed E-state index contributed by atoms with van der Waals surface area (Å²) in [5.41, 5.74) is 1.19. The molecule has 1 saturated carbocycles. The number of hydrogen-bond donors (Lipinski definition) is 1. The van der Waals surface area contributed by atoms with Gasteiger partial charge in [0.25, 0.3) is 0 Å². The van der Waals surface area contributed by atoms with Crippen LogP contribution in [0.2, 0.25) is 0 Å². The predicted octanol–water partition coefficient (Wildman–Crippen LogP) is 4.84. The van der Waals surface area contributed by atoms with E-state index in [2.05, 4.69) is 41.7 Å². The van der Waals surface area contributed by atoms with Gasteiger partial charge in [0.15, 0.2) is 0 Å². The number of aryl methyl sites for hydroxylation is 2. The first-order chi connectivity index (χ1) is 9.74. The van der Waals surface area contributed by atoms with Gasteiger partial charge in [-0.15, -0.1) is 22.7 Å². The van der Waals surface area contributed by atoms with E-state index in [1.807, 2.05) is 22.7 Å². The minimum Gasteiger partial charge on any atom is -0.304 e. The van der Waals surface area contributed by atoms with Crippen molar-refractivity contribution in [1.29, 1.82) is 0 Å². The van der Waals surface area contributed by atoms with Crippen LogP contribution in [0.1, 0.15) is 52.2 Å². The first-order valence-electron chi connectivity index (χ1n) is 7.43. The van der Waals surface area contributed by atoms with Gasteiger partial charge >= 0.3 is 0 Å². The van der Waals surface area contributed by atoms with Crippen molar-refractivity contribution < 1.29 is 0 Å². The topological polar surface area (TPSA) is 24.9 Å². The molecule has 1 fully saturated rings. The van der Waals surface area contributed by atoms with Crippen LogP contribution in [-0.2, 0) is 6.54 Å². The van der Waals surface area contributed by atoms with Gasteiger partial charge in [0.05, 0.1) is 10.7 Å². The van der Waals surface area contributed by atoms with Gasteiger partial charge in [-0.05, 0) is 44.1 Å². The highest BCUT2D eigenvalue weighted by molar-refractivity contribution is 7.11. The molecule has 0 spiro atoms.